The number of ether oxygens (including phenoxy) is 1. The topological polar surface area (TPSA) is 81.5 Å². The summed E-state index contributed by atoms with van der Waals surface area (Å²) in [5.74, 6) is 0.0576. The summed E-state index contributed by atoms with van der Waals surface area (Å²) >= 11 is 0. The molecule has 0 aromatic heterocycles. The maximum atomic E-state index is 10.9. The standard InChI is InChI=1S/C13H16N2O4/c1-2-13(16)14-9-5-6-10-19-12-8-4-3-7-11(12)15(17)18/h2-4,7-8H,1,5-6,9-10H2,(H,14,16). The predicted molar refractivity (Wildman–Crippen MR) is 71.0 cm³/mol. The first-order valence-corrected chi connectivity index (χ1v) is 5.91. The van der Waals surface area contributed by atoms with E-state index in [2.05, 4.69) is 11.9 Å². The van der Waals surface area contributed by atoms with Crippen molar-refractivity contribution < 1.29 is 14.5 Å². The fourth-order valence-electron chi connectivity index (χ4n) is 1.42. The Balaban J connectivity index is 2.28. The second-order valence-electron chi connectivity index (χ2n) is 3.78. The molecule has 0 atom stereocenters. The van der Waals surface area contributed by atoms with Crippen LogP contribution in [0.25, 0.3) is 0 Å². The fourth-order valence-corrected chi connectivity index (χ4v) is 1.42. The van der Waals surface area contributed by atoms with Crippen LogP contribution in [-0.2, 0) is 4.79 Å². The quantitative estimate of drug-likeness (QED) is 0.337. The molecule has 0 aliphatic heterocycles. The molecule has 1 aromatic carbocycles. The zero-order valence-corrected chi connectivity index (χ0v) is 10.5. The summed E-state index contributed by atoms with van der Waals surface area (Å²) in [5, 5.41) is 13.4. The maximum absolute atomic E-state index is 10.9. The third-order valence-electron chi connectivity index (χ3n) is 2.38. The highest BCUT2D eigenvalue weighted by molar-refractivity contribution is 5.86. The Morgan fingerprint density at radius 3 is 2.84 bits per heavy atom. The molecule has 0 radical (unpaired) electrons. The molecule has 0 unspecified atom stereocenters. The molecule has 0 bridgehead atoms. The van der Waals surface area contributed by atoms with E-state index in [9.17, 15) is 14.9 Å². The molecule has 1 amide bonds. The normalized spacial score (nSPS) is 9.68. The number of unbranched alkanes of at least 4 members (excludes halogenated alkanes) is 1. The van der Waals surface area contributed by atoms with Gasteiger partial charge in [0.2, 0.25) is 5.91 Å². The highest BCUT2D eigenvalue weighted by atomic mass is 16.6. The third-order valence-corrected chi connectivity index (χ3v) is 2.38. The van der Waals surface area contributed by atoms with Gasteiger partial charge in [0.25, 0.3) is 0 Å². The summed E-state index contributed by atoms with van der Waals surface area (Å²) in [6.45, 7) is 4.24. The smallest absolute Gasteiger partial charge is 0.310 e. The minimum atomic E-state index is -0.473. The van der Waals surface area contributed by atoms with Gasteiger partial charge in [-0.25, -0.2) is 0 Å². The minimum absolute atomic E-state index is 0.0394. The number of nitrogens with zero attached hydrogens (tertiary/aromatic N) is 1. The molecule has 0 saturated carbocycles. The summed E-state index contributed by atoms with van der Waals surface area (Å²) in [7, 11) is 0. The number of hydrogen-bond acceptors (Lipinski definition) is 4. The summed E-state index contributed by atoms with van der Waals surface area (Å²) in [5.41, 5.74) is -0.0394. The predicted octanol–water partition coefficient (Wildman–Crippen LogP) is 2.06. The van der Waals surface area contributed by atoms with Gasteiger partial charge in [0.1, 0.15) is 0 Å². The van der Waals surface area contributed by atoms with E-state index in [0.717, 1.165) is 6.42 Å². The molecule has 6 heteroatoms. The first kappa shape index (κ1) is 14.7. The zero-order valence-electron chi connectivity index (χ0n) is 10.5. The van der Waals surface area contributed by atoms with Crippen LogP contribution >= 0.6 is 0 Å². The summed E-state index contributed by atoms with van der Waals surface area (Å²) < 4.78 is 5.36. The van der Waals surface area contributed by atoms with Crippen molar-refractivity contribution in [3.63, 3.8) is 0 Å². The average molecular weight is 264 g/mol. The van der Waals surface area contributed by atoms with Gasteiger partial charge in [-0.2, -0.15) is 0 Å². The summed E-state index contributed by atoms with van der Waals surface area (Å²) in [6.07, 6.45) is 2.65. The lowest BCUT2D eigenvalue weighted by Crippen LogP contribution is -2.22. The van der Waals surface area contributed by atoms with Gasteiger partial charge in [-0.1, -0.05) is 18.7 Å². The molecule has 1 rings (SSSR count). The Hall–Kier alpha value is -2.37. The van der Waals surface area contributed by atoms with E-state index in [0.29, 0.717) is 19.6 Å². The largest absolute Gasteiger partial charge is 0.487 e. The molecule has 0 aliphatic carbocycles. The molecular weight excluding hydrogens is 248 g/mol. The van der Waals surface area contributed by atoms with Crippen molar-refractivity contribution in [2.75, 3.05) is 13.2 Å². The number of benzene rings is 1. The number of nitro benzene ring substituents is 1. The van der Waals surface area contributed by atoms with Crippen molar-refractivity contribution in [2.24, 2.45) is 0 Å². The number of rotatable bonds is 8. The Labute approximate surface area is 111 Å². The van der Waals surface area contributed by atoms with Crippen molar-refractivity contribution in [1.29, 1.82) is 0 Å². The molecule has 102 valence electrons. The number of carbonyl (C=O) groups is 1. The Kier molecular flexibility index (Phi) is 6.08. The number of carbonyl (C=O) groups excluding carboxylic acids is 1. The van der Waals surface area contributed by atoms with Gasteiger partial charge in [-0.3, -0.25) is 14.9 Å². The number of amides is 1. The van der Waals surface area contributed by atoms with Gasteiger partial charge in [0, 0.05) is 12.6 Å². The van der Waals surface area contributed by atoms with Crippen molar-refractivity contribution in [1.82, 2.24) is 5.32 Å². The van der Waals surface area contributed by atoms with E-state index >= 15 is 0 Å². The highest BCUT2D eigenvalue weighted by Gasteiger charge is 2.12. The zero-order chi connectivity index (χ0) is 14.1. The minimum Gasteiger partial charge on any atom is -0.487 e. The number of hydrogen-bond donors (Lipinski definition) is 1. The van der Waals surface area contributed by atoms with E-state index < -0.39 is 4.92 Å². The lowest BCUT2D eigenvalue weighted by molar-refractivity contribution is -0.385. The molecular formula is C13H16N2O4. The van der Waals surface area contributed by atoms with Gasteiger partial charge in [-0.05, 0) is 25.0 Å². The average Bonchev–Trinajstić information content (AvgIpc) is 2.42. The molecule has 1 aromatic rings. The van der Waals surface area contributed by atoms with E-state index in [1.165, 1.54) is 12.1 Å². The van der Waals surface area contributed by atoms with Crippen LogP contribution in [0.5, 0.6) is 5.75 Å². The second-order valence-corrected chi connectivity index (χ2v) is 3.78. The first-order chi connectivity index (χ1) is 9.15. The van der Waals surface area contributed by atoms with Crippen LogP contribution in [0, 0.1) is 10.1 Å². The van der Waals surface area contributed by atoms with E-state index in [1.54, 1.807) is 18.2 Å². The number of nitrogens with one attached hydrogen (secondary N) is 1. The van der Waals surface area contributed by atoms with Crippen LogP contribution in [0.3, 0.4) is 0 Å². The molecule has 1 N–H and O–H groups in total. The highest BCUT2D eigenvalue weighted by Crippen LogP contribution is 2.25. The van der Waals surface area contributed by atoms with Crippen molar-refractivity contribution in [3.05, 3.63) is 47.0 Å². The van der Waals surface area contributed by atoms with Crippen LogP contribution in [0.15, 0.2) is 36.9 Å². The number of para-hydroxylation sites is 2. The molecule has 6 nitrogen and oxygen atoms in total. The Bertz CT molecular complexity index is 460. The summed E-state index contributed by atoms with van der Waals surface area (Å²) in [6, 6.07) is 6.25. The van der Waals surface area contributed by atoms with Crippen molar-refractivity contribution in [2.45, 2.75) is 12.8 Å². The van der Waals surface area contributed by atoms with Crippen LogP contribution < -0.4 is 10.1 Å². The molecule has 0 heterocycles. The van der Waals surface area contributed by atoms with Crippen molar-refractivity contribution in [3.8, 4) is 5.75 Å². The van der Waals surface area contributed by atoms with Crippen LogP contribution in [0.1, 0.15) is 12.8 Å². The van der Waals surface area contributed by atoms with Gasteiger partial charge < -0.3 is 10.1 Å². The van der Waals surface area contributed by atoms with Crippen molar-refractivity contribution >= 4 is 11.6 Å². The monoisotopic (exact) mass is 264 g/mol. The lowest BCUT2D eigenvalue weighted by Gasteiger charge is -2.06. The van der Waals surface area contributed by atoms with Crippen LogP contribution in [0.4, 0.5) is 5.69 Å². The molecule has 0 spiro atoms. The van der Waals surface area contributed by atoms with Gasteiger partial charge >= 0.3 is 5.69 Å². The number of nitro groups is 1. The molecule has 0 aliphatic rings. The maximum Gasteiger partial charge on any atom is 0.310 e. The third kappa shape index (κ3) is 5.20. The Morgan fingerprint density at radius 2 is 2.16 bits per heavy atom. The summed E-state index contributed by atoms with van der Waals surface area (Å²) in [4.78, 5) is 21.1. The molecule has 0 saturated heterocycles. The van der Waals surface area contributed by atoms with Crippen LogP contribution in [-0.4, -0.2) is 24.0 Å². The SMILES string of the molecule is C=CC(=O)NCCCCOc1ccccc1[N+](=O)[O-]. The molecule has 19 heavy (non-hydrogen) atoms. The first-order valence-electron chi connectivity index (χ1n) is 5.91. The van der Waals surface area contributed by atoms with E-state index in [1.807, 2.05) is 0 Å². The lowest BCUT2D eigenvalue weighted by atomic mass is 10.3. The molecule has 0 fully saturated rings. The fraction of sp³-hybridized carbons (Fsp3) is 0.308. The second kappa shape index (κ2) is 7.86. The van der Waals surface area contributed by atoms with E-state index in [4.69, 9.17) is 4.74 Å². The van der Waals surface area contributed by atoms with Crippen LogP contribution in [0.2, 0.25) is 0 Å². The van der Waals surface area contributed by atoms with Gasteiger partial charge in [-0.15, -0.1) is 0 Å². The van der Waals surface area contributed by atoms with E-state index in [-0.39, 0.29) is 17.3 Å². The van der Waals surface area contributed by atoms with Gasteiger partial charge in [0.15, 0.2) is 5.75 Å². The van der Waals surface area contributed by atoms with Gasteiger partial charge in [0.05, 0.1) is 11.5 Å². The Morgan fingerprint density at radius 1 is 1.42 bits per heavy atom.